The molecule has 3 N–H and O–H groups in total. The summed E-state index contributed by atoms with van der Waals surface area (Å²) in [6.07, 6.45) is 0. The first-order chi connectivity index (χ1) is 11.4. The molecule has 0 spiro atoms. The summed E-state index contributed by atoms with van der Waals surface area (Å²) in [5.74, 6) is 1.44. The Morgan fingerprint density at radius 3 is 2.46 bits per heavy atom. The van der Waals surface area contributed by atoms with Gasteiger partial charge in [0.1, 0.15) is 18.7 Å². The van der Waals surface area contributed by atoms with Gasteiger partial charge in [-0.2, -0.15) is 0 Å². The Morgan fingerprint density at radius 1 is 1.12 bits per heavy atom. The highest BCUT2D eigenvalue weighted by Crippen LogP contribution is 2.31. The van der Waals surface area contributed by atoms with Crippen LogP contribution in [-0.4, -0.2) is 24.4 Å². The molecule has 0 unspecified atom stereocenters. The molecule has 2 rings (SSSR count). The molecule has 24 heavy (non-hydrogen) atoms. The van der Waals surface area contributed by atoms with E-state index in [4.69, 9.17) is 21.1 Å². The lowest BCUT2D eigenvalue weighted by Crippen LogP contribution is -2.95. The number of nitrogens with two attached hydrogens (primary N) is 1. The van der Waals surface area contributed by atoms with Gasteiger partial charge in [-0.1, -0.05) is 29.8 Å². The zero-order chi connectivity index (χ0) is 17.6. The van der Waals surface area contributed by atoms with Gasteiger partial charge in [0.25, 0.3) is 0 Å². The van der Waals surface area contributed by atoms with Crippen molar-refractivity contribution in [2.75, 3.05) is 13.7 Å². The van der Waals surface area contributed by atoms with E-state index in [0.29, 0.717) is 23.9 Å². The molecule has 130 valence electrons. The molecule has 5 heteroatoms. The molecule has 0 aliphatic carbocycles. The lowest BCUT2D eigenvalue weighted by atomic mass is 10.1. The van der Waals surface area contributed by atoms with E-state index in [2.05, 4.69) is 5.32 Å². The van der Waals surface area contributed by atoms with Gasteiger partial charge in [-0.05, 0) is 43.7 Å². The van der Waals surface area contributed by atoms with Crippen molar-refractivity contribution in [1.29, 1.82) is 0 Å². The van der Waals surface area contributed by atoms with Crippen LogP contribution >= 0.6 is 11.6 Å². The molecule has 0 saturated heterocycles. The quantitative estimate of drug-likeness (QED) is 0.769. The zero-order valence-electron chi connectivity index (χ0n) is 14.4. The van der Waals surface area contributed by atoms with E-state index >= 15 is 0 Å². The molecule has 2 aromatic rings. The number of ether oxygens (including phenoxy) is 2. The van der Waals surface area contributed by atoms with Gasteiger partial charge in [-0.3, -0.25) is 0 Å². The average molecular weight is 351 g/mol. The minimum atomic E-state index is -0.240. The molecule has 4 nitrogen and oxygen atoms in total. The van der Waals surface area contributed by atoms with Crippen molar-refractivity contribution >= 4 is 11.6 Å². The van der Waals surface area contributed by atoms with Crippen molar-refractivity contribution in [2.45, 2.75) is 32.5 Å². The standard InChI is InChI=1S/C19H24ClNO3/c1-19(2,13-22)21-11-15-5-4-6-17(23-3)18(15)24-12-14-7-9-16(20)10-8-14/h4-10,21-22H,11-13H2,1-3H3/p+1. The van der Waals surface area contributed by atoms with Gasteiger partial charge in [-0.15, -0.1) is 0 Å². The molecule has 0 heterocycles. The van der Waals surface area contributed by atoms with Crippen molar-refractivity contribution in [3.05, 3.63) is 58.6 Å². The fourth-order valence-corrected chi connectivity index (χ4v) is 2.36. The van der Waals surface area contributed by atoms with Gasteiger partial charge in [0.2, 0.25) is 0 Å². The van der Waals surface area contributed by atoms with Gasteiger partial charge in [0, 0.05) is 5.02 Å². The number of methoxy groups -OCH3 is 1. The Morgan fingerprint density at radius 2 is 1.83 bits per heavy atom. The summed E-state index contributed by atoms with van der Waals surface area (Å²) in [6, 6.07) is 13.4. The number of hydrogen-bond acceptors (Lipinski definition) is 3. The van der Waals surface area contributed by atoms with E-state index in [1.807, 2.05) is 56.3 Å². The zero-order valence-corrected chi connectivity index (χ0v) is 15.1. The number of quaternary nitrogens is 1. The van der Waals surface area contributed by atoms with Crippen LogP contribution < -0.4 is 14.8 Å². The second-order valence-electron chi connectivity index (χ2n) is 6.42. The Balaban J connectivity index is 2.15. The van der Waals surface area contributed by atoms with Crippen LogP contribution in [-0.2, 0) is 13.2 Å². The van der Waals surface area contributed by atoms with E-state index in [-0.39, 0.29) is 12.1 Å². The van der Waals surface area contributed by atoms with Crippen LogP contribution in [0.3, 0.4) is 0 Å². The third-order valence-electron chi connectivity index (χ3n) is 3.86. The molecule has 0 aromatic heterocycles. The van der Waals surface area contributed by atoms with Crippen LogP contribution in [0.5, 0.6) is 11.5 Å². The fourth-order valence-electron chi connectivity index (χ4n) is 2.23. The third-order valence-corrected chi connectivity index (χ3v) is 4.11. The lowest BCUT2D eigenvalue weighted by Gasteiger charge is -2.21. The van der Waals surface area contributed by atoms with E-state index in [1.54, 1.807) is 7.11 Å². The Labute approximate surface area is 148 Å². The van der Waals surface area contributed by atoms with E-state index in [1.165, 1.54) is 0 Å². The summed E-state index contributed by atoms with van der Waals surface area (Å²) in [5.41, 5.74) is 1.83. The number of para-hydroxylation sites is 1. The fraction of sp³-hybridized carbons (Fsp3) is 0.368. The molecule has 0 aliphatic heterocycles. The maximum atomic E-state index is 9.42. The summed E-state index contributed by atoms with van der Waals surface area (Å²) >= 11 is 5.91. The predicted molar refractivity (Wildman–Crippen MR) is 95.6 cm³/mol. The largest absolute Gasteiger partial charge is 0.493 e. The Bertz CT molecular complexity index is 656. The second-order valence-corrected chi connectivity index (χ2v) is 6.86. The normalized spacial score (nSPS) is 11.4. The SMILES string of the molecule is COc1cccc(C[NH2+]C(C)(C)CO)c1OCc1ccc(Cl)cc1. The highest BCUT2D eigenvalue weighted by Gasteiger charge is 2.21. The summed E-state index contributed by atoms with van der Waals surface area (Å²) in [5, 5.41) is 12.2. The van der Waals surface area contributed by atoms with Crippen LogP contribution in [0.25, 0.3) is 0 Å². The monoisotopic (exact) mass is 350 g/mol. The summed E-state index contributed by atoms with van der Waals surface area (Å²) < 4.78 is 11.5. The topological polar surface area (TPSA) is 55.3 Å². The highest BCUT2D eigenvalue weighted by atomic mass is 35.5. The van der Waals surface area contributed by atoms with Crippen LogP contribution in [0.4, 0.5) is 0 Å². The molecule has 0 atom stereocenters. The van der Waals surface area contributed by atoms with Crippen molar-refractivity contribution in [3.63, 3.8) is 0 Å². The molecular formula is C19H25ClNO3+. The van der Waals surface area contributed by atoms with Crippen LogP contribution in [0, 0.1) is 0 Å². The molecule has 0 saturated carbocycles. The summed E-state index contributed by atoms with van der Waals surface area (Å²) in [6.45, 7) is 5.25. The number of aliphatic hydroxyl groups excluding tert-OH is 1. The molecule has 0 fully saturated rings. The van der Waals surface area contributed by atoms with Gasteiger partial charge in [0.15, 0.2) is 11.5 Å². The maximum absolute atomic E-state index is 9.42. The Kier molecular flexibility index (Phi) is 6.49. The Hall–Kier alpha value is -1.75. The van der Waals surface area contributed by atoms with Crippen molar-refractivity contribution in [2.24, 2.45) is 0 Å². The smallest absolute Gasteiger partial charge is 0.170 e. The van der Waals surface area contributed by atoms with E-state index < -0.39 is 0 Å². The molecule has 0 amide bonds. The minimum absolute atomic E-state index is 0.109. The number of benzene rings is 2. The first kappa shape index (κ1) is 18.6. The number of halogens is 1. The highest BCUT2D eigenvalue weighted by molar-refractivity contribution is 6.30. The van der Waals surface area contributed by atoms with Crippen LogP contribution in [0.15, 0.2) is 42.5 Å². The molecule has 0 bridgehead atoms. The maximum Gasteiger partial charge on any atom is 0.170 e. The second kappa shape index (κ2) is 8.38. The van der Waals surface area contributed by atoms with E-state index in [0.717, 1.165) is 16.9 Å². The summed E-state index contributed by atoms with van der Waals surface area (Å²) in [7, 11) is 1.63. The number of aliphatic hydroxyl groups is 1. The summed E-state index contributed by atoms with van der Waals surface area (Å²) in [4.78, 5) is 0. The van der Waals surface area contributed by atoms with Crippen molar-refractivity contribution in [3.8, 4) is 11.5 Å². The lowest BCUT2D eigenvalue weighted by molar-refractivity contribution is -0.736. The van der Waals surface area contributed by atoms with Gasteiger partial charge in [-0.25, -0.2) is 0 Å². The van der Waals surface area contributed by atoms with Crippen molar-refractivity contribution in [1.82, 2.24) is 0 Å². The molecule has 2 aromatic carbocycles. The van der Waals surface area contributed by atoms with Gasteiger partial charge >= 0.3 is 0 Å². The molecule has 0 radical (unpaired) electrons. The first-order valence-electron chi connectivity index (χ1n) is 7.93. The molecule has 0 aliphatic rings. The molecular weight excluding hydrogens is 326 g/mol. The van der Waals surface area contributed by atoms with Crippen LogP contribution in [0.1, 0.15) is 25.0 Å². The third kappa shape index (κ3) is 5.13. The first-order valence-corrected chi connectivity index (χ1v) is 8.31. The van der Waals surface area contributed by atoms with Crippen LogP contribution in [0.2, 0.25) is 5.02 Å². The number of hydrogen-bond donors (Lipinski definition) is 2. The number of rotatable bonds is 8. The van der Waals surface area contributed by atoms with E-state index in [9.17, 15) is 5.11 Å². The van der Waals surface area contributed by atoms with Crippen molar-refractivity contribution < 1.29 is 19.9 Å². The minimum Gasteiger partial charge on any atom is -0.493 e. The predicted octanol–water partition coefficient (Wildman–Crippen LogP) is 2.76. The van der Waals surface area contributed by atoms with Gasteiger partial charge < -0.3 is 19.9 Å². The van der Waals surface area contributed by atoms with Gasteiger partial charge in [0.05, 0.1) is 19.3 Å². The average Bonchev–Trinajstić information content (AvgIpc) is 2.59.